The second kappa shape index (κ2) is 8.99. The minimum absolute atomic E-state index is 0.0917. The summed E-state index contributed by atoms with van der Waals surface area (Å²) in [5.74, 6) is 1.22. The molecule has 0 fully saturated rings. The molecule has 1 atom stereocenters. The lowest BCUT2D eigenvalue weighted by Crippen LogP contribution is -2.05. The summed E-state index contributed by atoms with van der Waals surface area (Å²) in [5, 5.41) is 8.02. The molecule has 1 aromatic heterocycles. The second-order valence-electron chi connectivity index (χ2n) is 5.63. The third-order valence-corrected chi connectivity index (χ3v) is 4.59. The number of carbonyl (C=O) groups excluding carboxylic acids is 1. The highest BCUT2D eigenvalue weighted by Gasteiger charge is 2.22. The van der Waals surface area contributed by atoms with Gasteiger partial charge in [-0.25, -0.2) is 4.79 Å². The van der Waals surface area contributed by atoms with Crippen molar-refractivity contribution in [2.75, 3.05) is 14.2 Å². The Morgan fingerprint density at radius 2 is 1.93 bits per heavy atom. The zero-order chi connectivity index (χ0) is 20.1. The summed E-state index contributed by atoms with van der Waals surface area (Å²) in [4.78, 5) is 11.8. The van der Waals surface area contributed by atoms with Gasteiger partial charge in [-0.3, -0.25) is 0 Å². The fourth-order valence-corrected chi connectivity index (χ4v) is 2.87. The van der Waals surface area contributed by atoms with Crippen LogP contribution in [0.2, 0.25) is 5.02 Å². The van der Waals surface area contributed by atoms with Crippen molar-refractivity contribution in [3.8, 4) is 11.5 Å². The van der Waals surface area contributed by atoms with Crippen LogP contribution in [-0.4, -0.2) is 30.4 Å². The predicted molar refractivity (Wildman–Crippen MR) is 105 cm³/mol. The largest absolute Gasteiger partial charge is 0.496 e. The molecule has 0 aliphatic rings. The number of rotatable bonds is 7. The highest BCUT2D eigenvalue weighted by molar-refractivity contribution is 7.80. The van der Waals surface area contributed by atoms with Crippen molar-refractivity contribution in [3.63, 3.8) is 0 Å². The van der Waals surface area contributed by atoms with Gasteiger partial charge in [0.2, 0.25) is 5.89 Å². The second-order valence-corrected chi connectivity index (χ2v) is 6.58. The van der Waals surface area contributed by atoms with Crippen molar-refractivity contribution >= 4 is 30.2 Å². The van der Waals surface area contributed by atoms with Crippen LogP contribution in [0.25, 0.3) is 0 Å². The van der Waals surface area contributed by atoms with Gasteiger partial charge in [0.25, 0.3) is 5.89 Å². The normalized spacial score (nSPS) is 11.7. The Kier molecular flexibility index (Phi) is 6.43. The predicted octanol–water partition coefficient (Wildman–Crippen LogP) is 4.12. The zero-order valence-electron chi connectivity index (χ0n) is 15.1. The Bertz CT molecular complexity index is 961. The van der Waals surface area contributed by atoms with Crippen LogP contribution < -0.4 is 9.47 Å². The van der Waals surface area contributed by atoms with E-state index >= 15 is 0 Å². The number of nitrogens with zero attached hydrogens (tertiary/aromatic N) is 2. The minimum atomic E-state index is -0.601. The average Bonchev–Trinajstić information content (AvgIpc) is 3.20. The van der Waals surface area contributed by atoms with Crippen molar-refractivity contribution in [1.29, 1.82) is 0 Å². The van der Waals surface area contributed by atoms with Gasteiger partial charge in [-0.1, -0.05) is 11.6 Å². The van der Waals surface area contributed by atoms with E-state index in [4.69, 9.17) is 30.2 Å². The molecule has 0 N–H and O–H groups in total. The van der Waals surface area contributed by atoms with Gasteiger partial charge in [0.1, 0.15) is 16.7 Å². The molecule has 0 spiro atoms. The van der Waals surface area contributed by atoms with Crippen LogP contribution in [0.1, 0.15) is 33.0 Å². The molecule has 0 bridgehead atoms. The Labute approximate surface area is 172 Å². The van der Waals surface area contributed by atoms with Gasteiger partial charge < -0.3 is 18.6 Å². The van der Waals surface area contributed by atoms with Gasteiger partial charge in [0.15, 0.2) is 6.61 Å². The van der Waals surface area contributed by atoms with E-state index in [9.17, 15) is 4.79 Å². The molecule has 0 saturated heterocycles. The summed E-state index contributed by atoms with van der Waals surface area (Å²) >= 11 is 10.4. The summed E-state index contributed by atoms with van der Waals surface area (Å²) in [6, 6.07) is 11.8. The van der Waals surface area contributed by atoms with Gasteiger partial charge in [0, 0.05) is 10.6 Å². The van der Waals surface area contributed by atoms with Crippen LogP contribution in [0.3, 0.4) is 0 Å². The number of aromatic nitrogens is 2. The van der Waals surface area contributed by atoms with Crippen molar-refractivity contribution < 1.29 is 23.4 Å². The van der Waals surface area contributed by atoms with Gasteiger partial charge in [0.05, 0.1) is 19.8 Å². The Balaban J connectivity index is 1.77. The smallest absolute Gasteiger partial charge is 0.337 e. The molecule has 0 radical (unpaired) electrons. The maximum Gasteiger partial charge on any atom is 0.337 e. The van der Waals surface area contributed by atoms with E-state index in [0.717, 1.165) is 0 Å². The molecule has 0 saturated carbocycles. The molecule has 3 aromatic rings. The number of esters is 1. The number of hydrogen-bond acceptors (Lipinski definition) is 8. The Morgan fingerprint density at radius 1 is 1.18 bits per heavy atom. The van der Waals surface area contributed by atoms with Crippen LogP contribution in [-0.2, 0) is 11.3 Å². The molecule has 0 amide bonds. The van der Waals surface area contributed by atoms with E-state index in [1.807, 2.05) is 0 Å². The lowest BCUT2D eigenvalue weighted by atomic mass is 10.1. The summed E-state index contributed by atoms with van der Waals surface area (Å²) in [5.41, 5.74) is 0.964. The summed E-state index contributed by atoms with van der Waals surface area (Å²) in [7, 11) is 2.84. The first-order chi connectivity index (χ1) is 13.5. The maximum absolute atomic E-state index is 11.8. The first-order valence-electron chi connectivity index (χ1n) is 8.16. The highest BCUT2D eigenvalue weighted by Crippen LogP contribution is 2.35. The number of carbonyl (C=O) groups is 1. The quantitative estimate of drug-likeness (QED) is 0.454. The number of benzene rings is 2. The number of ether oxygens (including phenoxy) is 3. The van der Waals surface area contributed by atoms with Gasteiger partial charge in [-0.15, -0.1) is 10.2 Å². The van der Waals surface area contributed by atoms with Gasteiger partial charge in [-0.05, 0) is 42.5 Å². The van der Waals surface area contributed by atoms with Crippen molar-refractivity contribution in [2.24, 2.45) is 0 Å². The van der Waals surface area contributed by atoms with Crippen molar-refractivity contribution in [2.45, 2.75) is 11.9 Å². The number of thiol groups is 1. The molecular formula is C19H17ClN2O5S. The van der Waals surface area contributed by atoms with E-state index < -0.39 is 11.2 Å². The highest BCUT2D eigenvalue weighted by atomic mass is 35.5. The number of halogens is 1. The summed E-state index contributed by atoms with van der Waals surface area (Å²) in [6.45, 7) is 0.0917. The van der Waals surface area contributed by atoms with E-state index in [1.165, 1.54) is 14.2 Å². The van der Waals surface area contributed by atoms with Crippen molar-refractivity contribution in [3.05, 3.63) is 70.4 Å². The molecule has 2 aromatic carbocycles. The third kappa shape index (κ3) is 4.58. The first-order valence-corrected chi connectivity index (χ1v) is 9.06. The summed E-state index contributed by atoms with van der Waals surface area (Å²) in [6.07, 6.45) is 0. The topological polar surface area (TPSA) is 83.7 Å². The van der Waals surface area contributed by atoms with E-state index in [2.05, 4.69) is 22.8 Å². The lowest BCUT2D eigenvalue weighted by Gasteiger charge is -2.13. The molecule has 28 heavy (non-hydrogen) atoms. The average molecular weight is 421 g/mol. The van der Waals surface area contributed by atoms with E-state index in [1.54, 1.807) is 42.5 Å². The van der Waals surface area contributed by atoms with E-state index in [-0.39, 0.29) is 18.4 Å². The third-order valence-electron chi connectivity index (χ3n) is 3.84. The Morgan fingerprint density at radius 3 is 2.61 bits per heavy atom. The molecule has 0 aliphatic heterocycles. The number of methoxy groups -OCH3 is 2. The first kappa shape index (κ1) is 20.0. The standard InChI is InChI=1S/C19H17ClN2O5S/c1-24-15-8-3-11(19(23)25-2)9-14(15)17(28)18-22-21-16(27-18)10-26-13-6-4-12(20)5-7-13/h3-9,17,28H,10H2,1-2H3. The van der Waals surface area contributed by atoms with Crippen LogP contribution in [0.5, 0.6) is 11.5 Å². The fourth-order valence-electron chi connectivity index (χ4n) is 2.44. The van der Waals surface area contributed by atoms with Crippen molar-refractivity contribution in [1.82, 2.24) is 10.2 Å². The van der Waals surface area contributed by atoms with E-state index in [0.29, 0.717) is 27.6 Å². The van der Waals surface area contributed by atoms with Gasteiger partial charge in [-0.2, -0.15) is 12.6 Å². The molecule has 1 heterocycles. The van der Waals surface area contributed by atoms with Crippen LogP contribution in [0, 0.1) is 0 Å². The molecule has 146 valence electrons. The van der Waals surface area contributed by atoms with Crippen LogP contribution in [0.4, 0.5) is 0 Å². The Hall–Kier alpha value is -2.71. The SMILES string of the molecule is COC(=O)c1ccc(OC)c(C(S)c2nnc(COc3ccc(Cl)cc3)o2)c1. The molecular weight excluding hydrogens is 404 g/mol. The molecule has 7 nitrogen and oxygen atoms in total. The van der Waals surface area contributed by atoms with Crippen LogP contribution >= 0.6 is 24.2 Å². The number of hydrogen-bond donors (Lipinski definition) is 1. The summed E-state index contributed by atoms with van der Waals surface area (Å²) < 4.78 is 21.3. The lowest BCUT2D eigenvalue weighted by molar-refractivity contribution is 0.0600. The minimum Gasteiger partial charge on any atom is -0.496 e. The molecule has 9 heteroatoms. The molecule has 1 unspecified atom stereocenters. The van der Waals surface area contributed by atoms with Crippen LogP contribution in [0.15, 0.2) is 46.9 Å². The zero-order valence-corrected chi connectivity index (χ0v) is 16.7. The monoisotopic (exact) mass is 420 g/mol. The van der Waals surface area contributed by atoms with Gasteiger partial charge >= 0.3 is 5.97 Å². The molecule has 3 rings (SSSR count). The fraction of sp³-hybridized carbons (Fsp3) is 0.211. The molecule has 0 aliphatic carbocycles. The maximum atomic E-state index is 11.8.